The normalized spacial score (nSPS) is 15.1. The zero-order chi connectivity index (χ0) is 19.1. The number of hydrogen-bond acceptors (Lipinski definition) is 6. The smallest absolute Gasteiger partial charge is 0.279 e. The number of fused-ring (bicyclic) bond motifs is 3. The Balaban J connectivity index is 1.59. The van der Waals surface area contributed by atoms with Crippen molar-refractivity contribution in [3.8, 4) is 23.0 Å². The molecule has 0 aliphatic carbocycles. The molecule has 0 atom stereocenters. The summed E-state index contributed by atoms with van der Waals surface area (Å²) in [4.78, 5) is 17.7. The molecule has 1 amide bonds. The van der Waals surface area contributed by atoms with Gasteiger partial charge in [0.05, 0.1) is 10.2 Å². The fraction of sp³-hybridized carbons (Fsp3) is 0.200. The first-order valence-electron chi connectivity index (χ1n) is 8.75. The Bertz CT molecular complexity index is 1180. The SMILES string of the molecule is C=CCn1c(=NC(=O)c2ccc3c(c2)OCCO3)sc2cc3c(cc21)OCO3. The summed E-state index contributed by atoms with van der Waals surface area (Å²) in [5.41, 5.74) is 1.36. The zero-order valence-corrected chi connectivity index (χ0v) is 15.7. The van der Waals surface area contributed by atoms with E-state index in [0.717, 1.165) is 10.2 Å². The van der Waals surface area contributed by atoms with Gasteiger partial charge >= 0.3 is 0 Å². The van der Waals surface area contributed by atoms with Crippen molar-refractivity contribution in [2.45, 2.75) is 6.54 Å². The van der Waals surface area contributed by atoms with Crippen LogP contribution in [-0.4, -0.2) is 30.5 Å². The number of ether oxygens (including phenoxy) is 4. The number of benzene rings is 2. The molecule has 8 heteroatoms. The molecule has 0 spiro atoms. The van der Waals surface area contributed by atoms with Crippen LogP contribution < -0.4 is 23.7 Å². The molecule has 3 heterocycles. The second-order valence-electron chi connectivity index (χ2n) is 6.23. The molecule has 0 bridgehead atoms. The summed E-state index contributed by atoms with van der Waals surface area (Å²) >= 11 is 1.42. The van der Waals surface area contributed by atoms with Crippen molar-refractivity contribution in [3.05, 3.63) is 53.4 Å². The fourth-order valence-corrected chi connectivity index (χ4v) is 4.23. The molecule has 2 aliphatic rings. The molecule has 2 aromatic carbocycles. The molecule has 142 valence electrons. The summed E-state index contributed by atoms with van der Waals surface area (Å²) in [7, 11) is 0. The van der Waals surface area contributed by atoms with E-state index in [0.29, 0.717) is 53.1 Å². The Hall–Kier alpha value is -3.26. The van der Waals surface area contributed by atoms with Crippen LogP contribution in [0.3, 0.4) is 0 Å². The van der Waals surface area contributed by atoms with E-state index in [1.54, 1.807) is 24.3 Å². The number of thiazole rings is 1. The van der Waals surface area contributed by atoms with E-state index in [4.69, 9.17) is 18.9 Å². The van der Waals surface area contributed by atoms with Gasteiger partial charge in [-0.2, -0.15) is 4.99 Å². The number of rotatable bonds is 3. The first-order valence-corrected chi connectivity index (χ1v) is 9.57. The van der Waals surface area contributed by atoms with Crippen LogP contribution in [0.25, 0.3) is 10.2 Å². The average Bonchev–Trinajstić information content (AvgIpc) is 3.30. The molecule has 28 heavy (non-hydrogen) atoms. The number of nitrogens with zero attached hydrogens (tertiary/aromatic N) is 2. The van der Waals surface area contributed by atoms with Gasteiger partial charge in [0, 0.05) is 24.2 Å². The molecule has 0 unspecified atom stereocenters. The average molecular weight is 396 g/mol. The van der Waals surface area contributed by atoms with Gasteiger partial charge in [0.1, 0.15) is 13.2 Å². The Labute approximate surface area is 164 Å². The first kappa shape index (κ1) is 16.9. The highest BCUT2D eigenvalue weighted by Crippen LogP contribution is 2.37. The topological polar surface area (TPSA) is 71.3 Å². The van der Waals surface area contributed by atoms with Gasteiger partial charge in [-0.3, -0.25) is 4.79 Å². The molecule has 0 radical (unpaired) electrons. The summed E-state index contributed by atoms with van der Waals surface area (Å²) in [5.74, 6) is 2.24. The summed E-state index contributed by atoms with van der Waals surface area (Å²) in [6, 6.07) is 8.92. The number of carbonyl (C=O) groups is 1. The van der Waals surface area contributed by atoms with Crippen LogP contribution in [-0.2, 0) is 6.54 Å². The molecule has 0 fully saturated rings. The van der Waals surface area contributed by atoms with Crippen LogP contribution in [0.2, 0.25) is 0 Å². The van der Waals surface area contributed by atoms with E-state index in [9.17, 15) is 4.79 Å². The Kier molecular flexibility index (Phi) is 4.05. The third-order valence-corrected chi connectivity index (χ3v) is 5.52. The lowest BCUT2D eigenvalue weighted by Crippen LogP contribution is -2.17. The monoisotopic (exact) mass is 396 g/mol. The summed E-state index contributed by atoms with van der Waals surface area (Å²) in [5, 5.41) is 0. The molecule has 7 nitrogen and oxygen atoms in total. The second-order valence-corrected chi connectivity index (χ2v) is 7.24. The second kappa shape index (κ2) is 6.72. The molecule has 3 aromatic rings. The van der Waals surface area contributed by atoms with Crippen molar-refractivity contribution in [3.63, 3.8) is 0 Å². The maximum Gasteiger partial charge on any atom is 0.279 e. The molecule has 0 saturated carbocycles. The van der Waals surface area contributed by atoms with Gasteiger partial charge < -0.3 is 23.5 Å². The molecule has 0 saturated heterocycles. The highest BCUT2D eigenvalue weighted by atomic mass is 32.1. The van der Waals surface area contributed by atoms with Crippen molar-refractivity contribution in [1.82, 2.24) is 4.57 Å². The minimum Gasteiger partial charge on any atom is -0.486 e. The maximum atomic E-state index is 12.8. The van der Waals surface area contributed by atoms with Crippen LogP contribution in [0.4, 0.5) is 0 Å². The van der Waals surface area contributed by atoms with Gasteiger partial charge in [0.15, 0.2) is 27.8 Å². The standard InChI is InChI=1S/C20H16N2O5S/c1-2-5-22-13-9-16-17(27-11-26-16)10-18(13)28-20(22)21-19(23)12-3-4-14-15(8-12)25-7-6-24-14/h2-4,8-10H,1,5-7,11H2. The lowest BCUT2D eigenvalue weighted by molar-refractivity contribution is 0.0996. The predicted molar refractivity (Wildman–Crippen MR) is 103 cm³/mol. The lowest BCUT2D eigenvalue weighted by Gasteiger charge is -2.18. The molecular formula is C20H16N2O5S. The minimum absolute atomic E-state index is 0.216. The van der Waals surface area contributed by atoms with Crippen molar-refractivity contribution in [2.24, 2.45) is 4.99 Å². The van der Waals surface area contributed by atoms with Crippen molar-refractivity contribution in [1.29, 1.82) is 0 Å². The highest BCUT2D eigenvalue weighted by molar-refractivity contribution is 7.16. The summed E-state index contributed by atoms with van der Waals surface area (Å²) in [6.45, 7) is 5.52. The summed E-state index contributed by atoms with van der Waals surface area (Å²) in [6.07, 6.45) is 1.77. The highest BCUT2D eigenvalue weighted by Gasteiger charge is 2.18. The number of amides is 1. The predicted octanol–water partition coefficient (Wildman–Crippen LogP) is 3.13. The van der Waals surface area contributed by atoms with E-state index in [1.165, 1.54) is 11.3 Å². The fourth-order valence-electron chi connectivity index (χ4n) is 3.18. The van der Waals surface area contributed by atoms with Crippen LogP contribution in [0, 0.1) is 0 Å². The molecule has 1 aromatic heterocycles. The maximum absolute atomic E-state index is 12.8. The van der Waals surface area contributed by atoms with E-state index in [2.05, 4.69) is 11.6 Å². The molecular weight excluding hydrogens is 380 g/mol. The van der Waals surface area contributed by atoms with Crippen LogP contribution in [0.1, 0.15) is 10.4 Å². The van der Waals surface area contributed by atoms with Crippen molar-refractivity contribution in [2.75, 3.05) is 20.0 Å². The van der Waals surface area contributed by atoms with E-state index in [-0.39, 0.29) is 12.7 Å². The van der Waals surface area contributed by atoms with Crippen molar-refractivity contribution < 1.29 is 23.7 Å². The van der Waals surface area contributed by atoms with Gasteiger partial charge in [-0.25, -0.2) is 0 Å². The Morgan fingerprint density at radius 3 is 2.64 bits per heavy atom. The van der Waals surface area contributed by atoms with Crippen LogP contribution in [0.5, 0.6) is 23.0 Å². The molecule has 2 aliphatic heterocycles. The van der Waals surface area contributed by atoms with Gasteiger partial charge in [-0.15, -0.1) is 6.58 Å². The number of aromatic nitrogens is 1. The third-order valence-electron chi connectivity index (χ3n) is 4.48. The van der Waals surface area contributed by atoms with Gasteiger partial charge in [0.25, 0.3) is 5.91 Å². The Morgan fingerprint density at radius 2 is 1.82 bits per heavy atom. The Morgan fingerprint density at radius 1 is 1.07 bits per heavy atom. The number of carbonyl (C=O) groups excluding carboxylic acids is 1. The summed E-state index contributed by atoms with van der Waals surface area (Å²) < 4.78 is 24.9. The first-order chi connectivity index (χ1) is 13.7. The lowest BCUT2D eigenvalue weighted by atomic mass is 10.2. The number of hydrogen-bond donors (Lipinski definition) is 0. The van der Waals surface area contributed by atoms with Gasteiger partial charge in [0.2, 0.25) is 6.79 Å². The third kappa shape index (κ3) is 2.82. The quantitative estimate of drug-likeness (QED) is 0.636. The zero-order valence-electron chi connectivity index (χ0n) is 14.8. The van der Waals surface area contributed by atoms with E-state index in [1.807, 2.05) is 16.7 Å². The van der Waals surface area contributed by atoms with E-state index < -0.39 is 0 Å². The largest absolute Gasteiger partial charge is 0.486 e. The van der Waals surface area contributed by atoms with E-state index >= 15 is 0 Å². The number of allylic oxidation sites excluding steroid dienone is 1. The van der Waals surface area contributed by atoms with Gasteiger partial charge in [-0.05, 0) is 18.2 Å². The van der Waals surface area contributed by atoms with Crippen LogP contribution in [0.15, 0.2) is 48.0 Å². The molecule has 0 N–H and O–H groups in total. The molecule has 5 rings (SSSR count). The minimum atomic E-state index is -0.346. The van der Waals surface area contributed by atoms with Crippen molar-refractivity contribution >= 4 is 27.5 Å². The van der Waals surface area contributed by atoms with Gasteiger partial charge in [-0.1, -0.05) is 17.4 Å². The van der Waals surface area contributed by atoms with Crippen LogP contribution >= 0.6 is 11.3 Å².